The average Bonchev–Trinajstić information content (AvgIpc) is 2.31. The zero-order valence-electron chi connectivity index (χ0n) is 13.9. The Morgan fingerprint density at radius 1 is 1.24 bits per heavy atom. The molecule has 2 nitrogen and oxygen atoms in total. The first kappa shape index (κ1) is 16.3. The van der Waals surface area contributed by atoms with Gasteiger partial charge in [0.2, 0.25) is 0 Å². The lowest BCUT2D eigenvalue weighted by atomic mass is 9.71. The molecule has 0 bridgehead atoms. The van der Waals surface area contributed by atoms with Crippen molar-refractivity contribution >= 4 is 23.0 Å². The standard InChI is InChI=1S/C18H28N2S/c1-12-6-7-14(3)16(9-12)20-17(21)19-15-8-13(2)10-18(4,5)11-15/h6-7,9,13,15H,8,10-11H2,1-5H3,(H2,19,20,21)/t13-,15-/m0/s1. The summed E-state index contributed by atoms with van der Waals surface area (Å²) < 4.78 is 0. The summed E-state index contributed by atoms with van der Waals surface area (Å²) in [6, 6.07) is 6.89. The van der Waals surface area contributed by atoms with E-state index in [0.717, 1.165) is 16.7 Å². The molecular weight excluding hydrogens is 276 g/mol. The second kappa shape index (κ2) is 6.35. The molecule has 0 radical (unpaired) electrons. The van der Waals surface area contributed by atoms with Crippen LogP contribution in [0.2, 0.25) is 0 Å². The quantitative estimate of drug-likeness (QED) is 0.767. The van der Waals surface area contributed by atoms with Crippen LogP contribution < -0.4 is 10.6 Å². The number of aryl methyl sites for hydroxylation is 2. The van der Waals surface area contributed by atoms with Crippen LogP contribution in [-0.4, -0.2) is 11.2 Å². The lowest BCUT2D eigenvalue weighted by molar-refractivity contribution is 0.162. The Balaban J connectivity index is 1.97. The monoisotopic (exact) mass is 304 g/mol. The zero-order chi connectivity index (χ0) is 15.6. The summed E-state index contributed by atoms with van der Waals surface area (Å²) >= 11 is 5.51. The number of rotatable bonds is 2. The summed E-state index contributed by atoms with van der Waals surface area (Å²) in [5.74, 6) is 0.759. The van der Waals surface area contributed by atoms with E-state index in [2.05, 4.69) is 63.5 Å². The third-order valence-electron chi connectivity index (χ3n) is 4.36. The molecular formula is C18H28N2S. The van der Waals surface area contributed by atoms with E-state index in [9.17, 15) is 0 Å². The molecule has 3 heteroatoms. The van der Waals surface area contributed by atoms with Gasteiger partial charge in [-0.3, -0.25) is 0 Å². The highest BCUT2D eigenvalue weighted by Crippen LogP contribution is 2.38. The second-order valence-electron chi connectivity index (χ2n) is 7.53. The van der Waals surface area contributed by atoms with Gasteiger partial charge < -0.3 is 10.6 Å². The van der Waals surface area contributed by atoms with Crippen LogP contribution >= 0.6 is 12.2 Å². The van der Waals surface area contributed by atoms with Crippen molar-refractivity contribution in [3.05, 3.63) is 29.3 Å². The Bertz CT molecular complexity index is 522. The van der Waals surface area contributed by atoms with Gasteiger partial charge in [0.1, 0.15) is 0 Å². The minimum absolute atomic E-state index is 0.407. The Labute approximate surface area is 134 Å². The maximum absolute atomic E-state index is 5.51. The van der Waals surface area contributed by atoms with Gasteiger partial charge in [-0.25, -0.2) is 0 Å². The third-order valence-corrected chi connectivity index (χ3v) is 4.58. The van der Waals surface area contributed by atoms with Crippen molar-refractivity contribution in [1.29, 1.82) is 0 Å². The molecule has 2 N–H and O–H groups in total. The Morgan fingerprint density at radius 2 is 1.95 bits per heavy atom. The molecule has 2 rings (SSSR count). The third kappa shape index (κ3) is 4.70. The van der Waals surface area contributed by atoms with E-state index in [1.54, 1.807) is 0 Å². The molecule has 21 heavy (non-hydrogen) atoms. The number of thiocarbonyl (C=S) groups is 1. The molecule has 0 unspecified atom stereocenters. The van der Waals surface area contributed by atoms with Crippen LogP contribution in [0.1, 0.15) is 51.2 Å². The summed E-state index contributed by atoms with van der Waals surface area (Å²) in [6.45, 7) is 11.3. The average molecular weight is 305 g/mol. The van der Waals surface area contributed by atoms with Gasteiger partial charge >= 0.3 is 0 Å². The predicted molar refractivity (Wildman–Crippen MR) is 95.9 cm³/mol. The molecule has 0 aliphatic heterocycles. The van der Waals surface area contributed by atoms with Crippen molar-refractivity contribution in [2.75, 3.05) is 5.32 Å². The van der Waals surface area contributed by atoms with Crippen molar-refractivity contribution in [2.45, 2.75) is 59.9 Å². The normalized spacial score (nSPS) is 24.4. The molecule has 116 valence electrons. The van der Waals surface area contributed by atoms with Crippen molar-refractivity contribution in [1.82, 2.24) is 5.32 Å². The van der Waals surface area contributed by atoms with Crippen LogP contribution in [0, 0.1) is 25.2 Å². The molecule has 1 saturated carbocycles. The molecule has 0 spiro atoms. The first-order chi connectivity index (χ1) is 9.75. The molecule has 1 aliphatic carbocycles. The van der Waals surface area contributed by atoms with Gasteiger partial charge in [0, 0.05) is 11.7 Å². The van der Waals surface area contributed by atoms with E-state index >= 15 is 0 Å². The molecule has 0 amide bonds. The number of nitrogens with one attached hydrogen (secondary N) is 2. The maximum atomic E-state index is 5.51. The summed E-state index contributed by atoms with van der Waals surface area (Å²) in [7, 11) is 0. The fraction of sp³-hybridized carbons (Fsp3) is 0.611. The molecule has 0 saturated heterocycles. The minimum Gasteiger partial charge on any atom is -0.360 e. The summed E-state index contributed by atoms with van der Waals surface area (Å²) in [4.78, 5) is 0. The van der Waals surface area contributed by atoms with Crippen LogP contribution in [0.3, 0.4) is 0 Å². The molecule has 0 heterocycles. The van der Waals surface area contributed by atoms with Crippen molar-refractivity contribution in [3.63, 3.8) is 0 Å². The van der Waals surface area contributed by atoms with Gasteiger partial charge in [-0.2, -0.15) is 0 Å². The smallest absolute Gasteiger partial charge is 0.171 e. The van der Waals surface area contributed by atoms with Crippen molar-refractivity contribution < 1.29 is 0 Å². The first-order valence-electron chi connectivity index (χ1n) is 7.90. The van der Waals surface area contributed by atoms with E-state index in [1.807, 2.05) is 0 Å². The van der Waals surface area contributed by atoms with Crippen LogP contribution in [0.15, 0.2) is 18.2 Å². The van der Waals surface area contributed by atoms with Gasteiger partial charge in [0.05, 0.1) is 0 Å². The lowest BCUT2D eigenvalue weighted by Crippen LogP contribution is -2.44. The van der Waals surface area contributed by atoms with E-state index in [0.29, 0.717) is 11.5 Å². The van der Waals surface area contributed by atoms with Crippen molar-refractivity contribution in [3.8, 4) is 0 Å². The maximum Gasteiger partial charge on any atom is 0.171 e. The van der Waals surface area contributed by atoms with Crippen LogP contribution in [-0.2, 0) is 0 Å². The van der Waals surface area contributed by atoms with Crippen LogP contribution in [0.5, 0.6) is 0 Å². The van der Waals surface area contributed by atoms with E-state index in [1.165, 1.54) is 30.4 Å². The molecule has 2 atom stereocenters. The number of benzene rings is 1. The molecule has 1 fully saturated rings. The van der Waals surface area contributed by atoms with Gasteiger partial charge in [-0.1, -0.05) is 32.9 Å². The Morgan fingerprint density at radius 3 is 2.62 bits per heavy atom. The highest BCUT2D eigenvalue weighted by Gasteiger charge is 2.32. The van der Waals surface area contributed by atoms with Gasteiger partial charge in [-0.05, 0) is 73.9 Å². The van der Waals surface area contributed by atoms with Crippen molar-refractivity contribution in [2.24, 2.45) is 11.3 Å². The first-order valence-corrected chi connectivity index (χ1v) is 8.31. The molecule has 1 aromatic carbocycles. The zero-order valence-corrected chi connectivity index (χ0v) is 14.7. The van der Waals surface area contributed by atoms with E-state index < -0.39 is 0 Å². The Hall–Kier alpha value is -1.09. The predicted octanol–water partition coefficient (Wildman–Crippen LogP) is 4.80. The summed E-state index contributed by atoms with van der Waals surface area (Å²) in [6.07, 6.45) is 3.70. The Kier molecular flexibility index (Phi) is 4.92. The topological polar surface area (TPSA) is 24.1 Å². The second-order valence-corrected chi connectivity index (χ2v) is 7.94. The van der Waals surface area contributed by atoms with Gasteiger partial charge in [0.15, 0.2) is 5.11 Å². The van der Waals surface area contributed by atoms with Gasteiger partial charge in [0.25, 0.3) is 0 Å². The summed E-state index contributed by atoms with van der Waals surface area (Å²) in [5.41, 5.74) is 3.99. The molecule has 1 aliphatic rings. The fourth-order valence-electron chi connectivity index (χ4n) is 3.67. The highest BCUT2D eigenvalue weighted by atomic mass is 32.1. The van der Waals surface area contributed by atoms with Crippen LogP contribution in [0.25, 0.3) is 0 Å². The largest absolute Gasteiger partial charge is 0.360 e. The van der Waals surface area contributed by atoms with Crippen LogP contribution in [0.4, 0.5) is 5.69 Å². The number of anilines is 1. The highest BCUT2D eigenvalue weighted by molar-refractivity contribution is 7.80. The summed E-state index contributed by atoms with van der Waals surface area (Å²) in [5, 5.41) is 7.63. The molecule has 0 aromatic heterocycles. The van der Waals surface area contributed by atoms with E-state index in [4.69, 9.17) is 12.2 Å². The minimum atomic E-state index is 0.407. The lowest BCUT2D eigenvalue weighted by Gasteiger charge is -2.39. The van der Waals surface area contributed by atoms with E-state index in [-0.39, 0.29) is 0 Å². The fourth-order valence-corrected chi connectivity index (χ4v) is 3.95. The molecule has 1 aromatic rings. The van der Waals surface area contributed by atoms with Gasteiger partial charge in [-0.15, -0.1) is 0 Å². The SMILES string of the molecule is Cc1ccc(C)c(NC(=S)N[C@H]2C[C@H](C)CC(C)(C)C2)c1. The number of hydrogen-bond donors (Lipinski definition) is 2. The number of hydrogen-bond acceptors (Lipinski definition) is 1.